The minimum atomic E-state index is -4.96. The van der Waals surface area contributed by atoms with Crippen LogP contribution in [0.15, 0.2) is 0 Å². The molecule has 0 spiro atoms. The number of hydrogen-bond acceptors (Lipinski definition) is 15. The molecule has 0 aliphatic carbocycles. The average molecular weight is 1480 g/mol. The highest BCUT2D eigenvalue weighted by molar-refractivity contribution is 7.47. The summed E-state index contributed by atoms with van der Waals surface area (Å²) in [6.45, 7) is 9.62. The zero-order chi connectivity index (χ0) is 74.2. The van der Waals surface area contributed by atoms with Crippen molar-refractivity contribution in [3.05, 3.63) is 0 Å². The SMILES string of the molecule is CCCCCCCCCCCCCCCCCCCCCCCC(=O)O[C@H](COC(=O)CCCCCCCCCCCCCCCC(C)C)COP(=O)(O)OC[C@@H](O)COP(=O)(O)OC[C@@H](COC(=O)CCCCCCCCCCC(C)C)OC(=O)CCCCCCCCCCCCCCC. The second-order valence-electron chi connectivity index (χ2n) is 30.5. The van der Waals surface area contributed by atoms with Crippen LogP contribution in [-0.4, -0.2) is 96.7 Å². The van der Waals surface area contributed by atoms with Crippen LogP contribution >= 0.6 is 15.6 Å². The van der Waals surface area contributed by atoms with Crippen molar-refractivity contribution in [2.24, 2.45) is 11.8 Å². The summed E-state index contributed by atoms with van der Waals surface area (Å²) in [4.78, 5) is 73.0. The lowest BCUT2D eigenvalue weighted by atomic mass is 10.0. The Morgan fingerprint density at radius 2 is 0.455 bits per heavy atom. The minimum Gasteiger partial charge on any atom is -0.462 e. The molecule has 0 aromatic heterocycles. The quantitative estimate of drug-likeness (QED) is 0.0222. The maximum atomic E-state index is 13.1. The molecule has 0 radical (unpaired) electrons. The summed E-state index contributed by atoms with van der Waals surface area (Å²) in [6, 6.07) is 0. The summed E-state index contributed by atoms with van der Waals surface area (Å²) in [6.07, 6.45) is 63.9. The highest BCUT2D eigenvalue weighted by Gasteiger charge is 2.30. The standard InChI is InChI=1S/C82H160O17P2/c1-7-9-11-13-15-17-19-21-22-23-24-25-26-27-28-32-37-41-49-55-61-67-82(87)98-77(70-92-79(84)64-58-52-46-39-35-33-29-31-34-38-44-50-56-62-74(3)4)72-96-100(88,89)94-68-76(83)69-95-101(90,91)97-73-78(71-93-80(85)65-59-53-47-43-42-45-51-57-63-75(5)6)99-81(86)66-60-54-48-40-36-30-20-18-16-14-12-10-8-2/h74-78,83H,7-73H2,1-6H3,(H,88,89)(H,90,91)/t76-,77-,78-/m1/s1. The maximum absolute atomic E-state index is 13.1. The van der Waals surface area contributed by atoms with Crippen molar-refractivity contribution in [3.63, 3.8) is 0 Å². The average Bonchev–Trinajstić information content (AvgIpc) is 0.975. The van der Waals surface area contributed by atoms with Gasteiger partial charge < -0.3 is 33.8 Å². The van der Waals surface area contributed by atoms with E-state index >= 15 is 0 Å². The topological polar surface area (TPSA) is 237 Å². The molecule has 0 fully saturated rings. The Morgan fingerprint density at radius 1 is 0.267 bits per heavy atom. The van der Waals surface area contributed by atoms with E-state index in [0.29, 0.717) is 25.7 Å². The third kappa shape index (κ3) is 76.1. The zero-order valence-electron chi connectivity index (χ0n) is 66.2. The van der Waals surface area contributed by atoms with E-state index in [2.05, 4.69) is 41.5 Å². The Labute approximate surface area is 619 Å². The van der Waals surface area contributed by atoms with Gasteiger partial charge in [-0.1, -0.05) is 382 Å². The molecule has 0 rings (SSSR count). The summed E-state index contributed by atoms with van der Waals surface area (Å²) in [7, 11) is -9.92. The number of rotatable bonds is 81. The van der Waals surface area contributed by atoms with Gasteiger partial charge in [0.1, 0.15) is 19.3 Å². The van der Waals surface area contributed by atoms with Crippen LogP contribution in [-0.2, 0) is 65.4 Å². The Bertz CT molecular complexity index is 1940. The first-order valence-corrected chi connectivity index (χ1v) is 45.5. The van der Waals surface area contributed by atoms with Crippen molar-refractivity contribution in [2.75, 3.05) is 39.6 Å². The van der Waals surface area contributed by atoms with E-state index in [1.807, 2.05) is 0 Å². The van der Waals surface area contributed by atoms with Crippen molar-refractivity contribution in [2.45, 2.75) is 452 Å². The van der Waals surface area contributed by atoms with Crippen LogP contribution in [0.25, 0.3) is 0 Å². The summed E-state index contributed by atoms with van der Waals surface area (Å²) in [5.74, 6) is -0.590. The monoisotopic (exact) mass is 1480 g/mol. The van der Waals surface area contributed by atoms with E-state index in [1.165, 1.54) is 250 Å². The molecule has 600 valence electrons. The highest BCUT2D eigenvalue weighted by atomic mass is 31.2. The predicted octanol–water partition coefficient (Wildman–Crippen LogP) is 24.7. The van der Waals surface area contributed by atoms with E-state index < -0.39 is 97.5 Å². The van der Waals surface area contributed by atoms with Gasteiger partial charge in [0.15, 0.2) is 12.2 Å². The Kier molecular flexibility index (Phi) is 72.2. The molecular weight excluding hydrogens is 1320 g/mol. The van der Waals surface area contributed by atoms with Crippen LogP contribution in [0.2, 0.25) is 0 Å². The summed E-state index contributed by atoms with van der Waals surface area (Å²) in [5.41, 5.74) is 0. The minimum absolute atomic E-state index is 0.107. The number of aliphatic hydroxyl groups excluding tert-OH is 1. The fraction of sp³-hybridized carbons (Fsp3) is 0.951. The normalized spacial score (nSPS) is 13.9. The summed E-state index contributed by atoms with van der Waals surface area (Å²) >= 11 is 0. The van der Waals surface area contributed by atoms with Gasteiger partial charge in [-0.2, -0.15) is 0 Å². The van der Waals surface area contributed by atoms with E-state index in [4.69, 9.17) is 37.0 Å². The van der Waals surface area contributed by atoms with Crippen molar-refractivity contribution < 1.29 is 80.2 Å². The number of hydrogen-bond donors (Lipinski definition) is 3. The number of carbonyl (C=O) groups is 4. The number of esters is 4. The van der Waals surface area contributed by atoms with E-state index in [-0.39, 0.29) is 25.7 Å². The number of phosphoric ester groups is 2. The first-order chi connectivity index (χ1) is 48.9. The molecule has 0 aliphatic rings. The Hall–Kier alpha value is -1.94. The van der Waals surface area contributed by atoms with Crippen LogP contribution in [0.3, 0.4) is 0 Å². The van der Waals surface area contributed by atoms with Crippen molar-refractivity contribution >= 4 is 39.5 Å². The van der Waals surface area contributed by atoms with Gasteiger partial charge in [0.25, 0.3) is 0 Å². The summed E-state index contributed by atoms with van der Waals surface area (Å²) in [5, 5.41) is 10.6. The number of phosphoric acid groups is 2. The van der Waals surface area contributed by atoms with Crippen LogP contribution in [0.4, 0.5) is 0 Å². The molecular formula is C82H160O17P2. The molecule has 0 heterocycles. The number of unbranched alkanes of at least 4 members (excludes halogenated alkanes) is 51. The molecule has 0 saturated heterocycles. The second-order valence-corrected chi connectivity index (χ2v) is 33.4. The second kappa shape index (κ2) is 73.6. The number of carbonyl (C=O) groups excluding carboxylic acids is 4. The largest absolute Gasteiger partial charge is 0.472 e. The molecule has 0 aromatic carbocycles. The molecule has 101 heavy (non-hydrogen) atoms. The van der Waals surface area contributed by atoms with Gasteiger partial charge in [-0.05, 0) is 37.5 Å². The van der Waals surface area contributed by atoms with Crippen LogP contribution < -0.4 is 0 Å². The molecule has 0 aromatic rings. The van der Waals surface area contributed by atoms with Gasteiger partial charge in [0, 0.05) is 25.7 Å². The van der Waals surface area contributed by atoms with Crippen LogP contribution in [0.1, 0.15) is 433 Å². The molecule has 0 amide bonds. The molecule has 0 saturated carbocycles. The molecule has 2 unspecified atom stereocenters. The van der Waals surface area contributed by atoms with E-state index in [1.54, 1.807) is 0 Å². The van der Waals surface area contributed by atoms with Crippen LogP contribution in [0.5, 0.6) is 0 Å². The Balaban J connectivity index is 5.23. The first-order valence-electron chi connectivity index (χ1n) is 42.5. The van der Waals surface area contributed by atoms with Gasteiger partial charge in [-0.15, -0.1) is 0 Å². The third-order valence-corrected chi connectivity index (χ3v) is 21.1. The zero-order valence-corrected chi connectivity index (χ0v) is 68.0. The summed E-state index contributed by atoms with van der Waals surface area (Å²) < 4.78 is 68.7. The molecule has 0 bridgehead atoms. The molecule has 3 N–H and O–H groups in total. The lowest BCUT2D eigenvalue weighted by Crippen LogP contribution is -2.30. The lowest BCUT2D eigenvalue weighted by molar-refractivity contribution is -0.161. The smallest absolute Gasteiger partial charge is 0.462 e. The Morgan fingerprint density at radius 3 is 0.673 bits per heavy atom. The van der Waals surface area contributed by atoms with Gasteiger partial charge >= 0.3 is 39.5 Å². The fourth-order valence-electron chi connectivity index (χ4n) is 12.7. The lowest BCUT2D eigenvalue weighted by Gasteiger charge is -2.21. The maximum Gasteiger partial charge on any atom is 0.472 e. The van der Waals surface area contributed by atoms with E-state index in [0.717, 1.165) is 102 Å². The molecule has 5 atom stereocenters. The van der Waals surface area contributed by atoms with Gasteiger partial charge in [0.2, 0.25) is 0 Å². The number of aliphatic hydroxyl groups is 1. The predicted molar refractivity (Wildman–Crippen MR) is 414 cm³/mol. The third-order valence-electron chi connectivity index (χ3n) is 19.2. The van der Waals surface area contributed by atoms with Crippen molar-refractivity contribution in [1.29, 1.82) is 0 Å². The van der Waals surface area contributed by atoms with Crippen molar-refractivity contribution in [3.8, 4) is 0 Å². The van der Waals surface area contributed by atoms with Crippen molar-refractivity contribution in [1.82, 2.24) is 0 Å². The molecule has 19 heteroatoms. The molecule has 0 aliphatic heterocycles. The highest BCUT2D eigenvalue weighted by Crippen LogP contribution is 2.45. The number of ether oxygens (including phenoxy) is 4. The fourth-order valence-corrected chi connectivity index (χ4v) is 14.3. The van der Waals surface area contributed by atoms with E-state index in [9.17, 15) is 43.2 Å². The van der Waals surface area contributed by atoms with Gasteiger partial charge in [0.05, 0.1) is 26.4 Å². The van der Waals surface area contributed by atoms with Crippen LogP contribution in [0, 0.1) is 11.8 Å². The van der Waals surface area contributed by atoms with Gasteiger partial charge in [-0.3, -0.25) is 37.3 Å². The van der Waals surface area contributed by atoms with Gasteiger partial charge in [-0.25, -0.2) is 9.13 Å². The first kappa shape index (κ1) is 99.1. The molecule has 17 nitrogen and oxygen atoms in total.